The molecule has 2 aromatic heterocycles. The van der Waals surface area contributed by atoms with Gasteiger partial charge in [0.2, 0.25) is 0 Å². The van der Waals surface area contributed by atoms with Crippen LogP contribution in [0.3, 0.4) is 0 Å². The van der Waals surface area contributed by atoms with Crippen molar-refractivity contribution in [2.75, 3.05) is 0 Å². The molecule has 0 saturated heterocycles. The highest BCUT2D eigenvalue weighted by Crippen LogP contribution is 2.26. The summed E-state index contributed by atoms with van der Waals surface area (Å²) in [7, 11) is 0. The molecule has 6 heteroatoms. The molecule has 18 heavy (non-hydrogen) atoms. The number of rotatable bonds is 1. The summed E-state index contributed by atoms with van der Waals surface area (Å²) in [6.07, 6.45) is -3.79. The Hall–Kier alpha value is -1.48. The molecule has 2 aromatic rings. The van der Waals surface area contributed by atoms with Gasteiger partial charge in [-0.15, -0.1) is 0 Å². The number of halogens is 4. The van der Waals surface area contributed by atoms with Gasteiger partial charge >= 0.3 is 6.18 Å². The molecule has 2 heterocycles. The van der Waals surface area contributed by atoms with Crippen molar-refractivity contribution in [1.29, 1.82) is 0 Å². The van der Waals surface area contributed by atoms with Gasteiger partial charge in [-0.25, -0.2) is 4.98 Å². The predicted octanol–water partition coefficient (Wildman–Crippen LogP) is 3.57. The fourth-order valence-corrected chi connectivity index (χ4v) is 2.09. The Morgan fingerprint density at radius 2 is 2.17 bits per heavy atom. The summed E-state index contributed by atoms with van der Waals surface area (Å²) in [6.45, 7) is 1.57. The molecule has 0 atom stereocenters. The SMILES string of the molecule is CC#Cc1nc2c(Br)cccn2c1CC(F)(F)F. The summed E-state index contributed by atoms with van der Waals surface area (Å²) in [4.78, 5) is 4.13. The van der Waals surface area contributed by atoms with Gasteiger partial charge in [0.05, 0.1) is 16.6 Å². The number of nitrogens with zero attached hydrogens (tertiary/aromatic N) is 2. The van der Waals surface area contributed by atoms with Gasteiger partial charge < -0.3 is 4.40 Å². The monoisotopic (exact) mass is 316 g/mol. The lowest BCUT2D eigenvalue weighted by molar-refractivity contribution is -0.128. The first-order valence-electron chi connectivity index (χ1n) is 5.07. The lowest BCUT2D eigenvalue weighted by Gasteiger charge is -2.06. The molecule has 2 nitrogen and oxygen atoms in total. The number of hydrogen-bond acceptors (Lipinski definition) is 1. The molecule has 0 radical (unpaired) electrons. The Morgan fingerprint density at radius 3 is 2.78 bits per heavy atom. The van der Waals surface area contributed by atoms with E-state index in [1.807, 2.05) is 0 Å². The summed E-state index contributed by atoms with van der Waals surface area (Å²) in [5.74, 6) is 5.19. The van der Waals surface area contributed by atoms with Crippen LogP contribution in [0, 0.1) is 11.8 Å². The highest BCUT2D eigenvalue weighted by atomic mass is 79.9. The van der Waals surface area contributed by atoms with Gasteiger partial charge in [-0.05, 0) is 40.9 Å². The van der Waals surface area contributed by atoms with E-state index in [1.54, 1.807) is 25.3 Å². The second kappa shape index (κ2) is 4.65. The maximum atomic E-state index is 12.6. The van der Waals surface area contributed by atoms with E-state index >= 15 is 0 Å². The molecule has 0 unspecified atom stereocenters. The third-order valence-corrected chi connectivity index (χ3v) is 2.93. The van der Waals surface area contributed by atoms with Gasteiger partial charge in [-0.3, -0.25) is 0 Å². The summed E-state index contributed by atoms with van der Waals surface area (Å²) < 4.78 is 39.8. The Labute approximate surface area is 110 Å². The number of imidazole rings is 1. The van der Waals surface area contributed by atoms with E-state index in [4.69, 9.17) is 0 Å². The molecule has 2 rings (SSSR count). The van der Waals surface area contributed by atoms with Crippen molar-refractivity contribution in [3.8, 4) is 11.8 Å². The maximum Gasteiger partial charge on any atom is 0.394 e. The molecule has 0 amide bonds. The second-order valence-electron chi connectivity index (χ2n) is 3.62. The zero-order valence-electron chi connectivity index (χ0n) is 9.35. The van der Waals surface area contributed by atoms with Gasteiger partial charge in [-0.1, -0.05) is 5.92 Å². The molecular weight excluding hydrogens is 309 g/mol. The van der Waals surface area contributed by atoms with Crippen LogP contribution in [0.4, 0.5) is 13.2 Å². The lowest BCUT2D eigenvalue weighted by Crippen LogP contribution is -2.14. The minimum Gasteiger partial charge on any atom is -0.301 e. The van der Waals surface area contributed by atoms with Crippen molar-refractivity contribution < 1.29 is 13.2 Å². The fourth-order valence-electron chi connectivity index (χ4n) is 1.66. The third-order valence-electron chi connectivity index (χ3n) is 2.31. The molecule has 94 valence electrons. The van der Waals surface area contributed by atoms with E-state index < -0.39 is 12.6 Å². The summed E-state index contributed by atoms with van der Waals surface area (Å²) in [5.41, 5.74) is 0.671. The normalized spacial score (nSPS) is 11.4. The number of hydrogen-bond donors (Lipinski definition) is 0. The van der Waals surface area contributed by atoms with Crippen molar-refractivity contribution in [2.45, 2.75) is 19.5 Å². The number of alkyl halides is 3. The van der Waals surface area contributed by atoms with Crippen LogP contribution >= 0.6 is 15.9 Å². The van der Waals surface area contributed by atoms with Crippen molar-refractivity contribution in [3.63, 3.8) is 0 Å². The standard InChI is InChI=1S/C12H8BrF3N2/c1-2-4-9-10(7-12(14,15)16)18-6-3-5-8(13)11(18)17-9/h3,5-6H,7H2,1H3. The molecule has 0 aliphatic carbocycles. The van der Waals surface area contributed by atoms with E-state index in [-0.39, 0.29) is 11.4 Å². The van der Waals surface area contributed by atoms with Crippen molar-refractivity contribution in [2.24, 2.45) is 0 Å². The average Bonchev–Trinajstić information content (AvgIpc) is 2.58. The van der Waals surface area contributed by atoms with Crippen molar-refractivity contribution in [1.82, 2.24) is 9.38 Å². The minimum absolute atomic E-state index is 0.0631. The molecule has 0 spiro atoms. The molecular formula is C12H8BrF3N2. The Kier molecular flexibility index (Phi) is 3.35. The number of aromatic nitrogens is 2. The van der Waals surface area contributed by atoms with Crippen LogP contribution in [-0.4, -0.2) is 15.6 Å². The smallest absolute Gasteiger partial charge is 0.301 e. The first-order valence-corrected chi connectivity index (χ1v) is 5.86. The summed E-state index contributed by atoms with van der Waals surface area (Å²) >= 11 is 3.26. The zero-order valence-corrected chi connectivity index (χ0v) is 10.9. The topological polar surface area (TPSA) is 17.3 Å². The summed E-state index contributed by atoms with van der Waals surface area (Å²) in [5, 5.41) is 0. The van der Waals surface area contributed by atoms with E-state index in [0.29, 0.717) is 10.1 Å². The van der Waals surface area contributed by atoms with Gasteiger partial charge in [0.25, 0.3) is 0 Å². The Bertz CT molecular complexity index is 647. The Balaban J connectivity index is 2.69. The van der Waals surface area contributed by atoms with Crippen LogP contribution in [0.2, 0.25) is 0 Å². The lowest BCUT2D eigenvalue weighted by atomic mass is 10.2. The van der Waals surface area contributed by atoms with Crippen molar-refractivity contribution >= 4 is 21.6 Å². The molecule has 0 N–H and O–H groups in total. The molecule has 0 aliphatic rings. The highest BCUT2D eigenvalue weighted by Gasteiger charge is 2.31. The molecule has 0 saturated carbocycles. The molecule has 0 aliphatic heterocycles. The summed E-state index contributed by atoms with van der Waals surface area (Å²) in [6, 6.07) is 3.38. The maximum absolute atomic E-state index is 12.6. The largest absolute Gasteiger partial charge is 0.394 e. The van der Waals surface area contributed by atoms with Gasteiger partial charge in [0.1, 0.15) is 5.69 Å². The molecule has 0 fully saturated rings. The second-order valence-corrected chi connectivity index (χ2v) is 4.48. The molecule has 0 aromatic carbocycles. The highest BCUT2D eigenvalue weighted by molar-refractivity contribution is 9.10. The van der Waals surface area contributed by atoms with Crippen LogP contribution in [-0.2, 0) is 6.42 Å². The van der Waals surface area contributed by atoms with E-state index in [0.717, 1.165) is 0 Å². The van der Waals surface area contributed by atoms with Crippen LogP contribution in [0.15, 0.2) is 22.8 Å². The van der Waals surface area contributed by atoms with Gasteiger partial charge in [-0.2, -0.15) is 13.2 Å². The quantitative estimate of drug-likeness (QED) is 0.735. The van der Waals surface area contributed by atoms with Crippen LogP contribution < -0.4 is 0 Å². The zero-order chi connectivity index (χ0) is 13.3. The first kappa shape index (κ1) is 13.0. The van der Waals surface area contributed by atoms with Crippen LogP contribution in [0.1, 0.15) is 18.3 Å². The van der Waals surface area contributed by atoms with E-state index in [1.165, 1.54) is 4.40 Å². The van der Waals surface area contributed by atoms with Crippen molar-refractivity contribution in [3.05, 3.63) is 34.2 Å². The third kappa shape index (κ3) is 2.51. The average molecular weight is 317 g/mol. The van der Waals surface area contributed by atoms with Crippen LogP contribution in [0.5, 0.6) is 0 Å². The van der Waals surface area contributed by atoms with Gasteiger partial charge in [0.15, 0.2) is 5.65 Å². The Morgan fingerprint density at radius 1 is 1.44 bits per heavy atom. The fraction of sp³-hybridized carbons (Fsp3) is 0.250. The minimum atomic E-state index is -4.29. The predicted molar refractivity (Wildman–Crippen MR) is 65.2 cm³/mol. The van der Waals surface area contributed by atoms with Crippen LogP contribution in [0.25, 0.3) is 5.65 Å². The van der Waals surface area contributed by atoms with Gasteiger partial charge in [0, 0.05) is 6.20 Å². The van der Waals surface area contributed by atoms with E-state index in [2.05, 4.69) is 32.8 Å². The number of pyridine rings is 1. The molecule has 0 bridgehead atoms. The first-order chi connectivity index (χ1) is 8.42. The number of fused-ring (bicyclic) bond motifs is 1. The van der Waals surface area contributed by atoms with E-state index in [9.17, 15) is 13.2 Å².